The molecule has 0 spiro atoms. The van der Waals surface area contributed by atoms with Crippen molar-refractivity contribution in [1.82, 2.24) is 0 Å². The summed E-state index contributed by atoms with van der Waals surface area (Å²) < 4.78 is 5.26. The molecule has 0 aliphatic heterocycles. The molecule has 0 saturated carbocycles. The Morgan fingerprint density at radius 2 is 2.00 bits per heavy atom. The van der Waals surface area contributed by atoms with E-state index in [1.54, 1.807) is 24.3 Å². The Morgan fingerprint density at radius 3 is 2.57 bits per heavy atom. The maximum Gasteiger partial charge on any atom is 0.119 e. The first kappa shape index (κ1) is 10.9. The number of ether oxygens (including phenoxy) is 1. The van der Waals surface area contributed by atoms with Crippen molar-refractivity contribution in [1.29, 1.82) is 0 Å². The first-order valence-corrected chi connectivity index (χ1v) is 4.64. The van der Waals surface area contributed by atoms with E-state index in [-0.39, 0.29) is 6.42 Å². The van der Waals surface area contributed by atoms with Crippen molar-refractivity contribution in [2.75, 3.05) is 6.61 Å². The highest BCUT2D eigenvalue weighted by Gasteiger charge is 1.93. The summed E-state index contributed by atoms with van der Waals surface area (Å²) in [5, 5.41) is 10.7. The Morgan fingerprint density at radius 1 is 1.36 bits per heavy atom. The predicted octanol–water partition coefficient (Wildman–Crippen LogP) is 1.25. The van der Waals surface area contributed by atoms with Crippen LogP contribution in [-0.4, -0.2) is 12.6 Å². The fourth-order valence-corrected chi connectivity index (χ4v) is 1.06. The second-order valence-corrected chi connectivity index (χ2v) is 3.21. The molecule has 1 aromatic carbocycles. The minimum atomic E-state index is -1.05. The van der Waals surface area contributed by atoms with Crippen LogP contribution < -0.4 is 9.84 Å². The van der Waals surface area contributed by atoms with E-state index in [4.69, 9.17) is 16.3 Å². The highest BCUT2D eigenvalue weighted by Crippen LogP contribution is 2.15. The van der Waals surface area contributed by atoms with Crippen molar-refractivity contribution in [3.8, 4) is 5.75 Å². The van der Waals surface area contributed by atoms with E-state index < -0.39 is 5.97 Å². The van der Waals surface area contributed by atoms with Crippen LogP contribution in [0.2, 0.25) is 5.02 Å². The molecule has 0 aliphatic rings. The summed E-state index contributed by atoms with van der Waals surface area (Å²) in [6.45, 7) is 0.371. The van der Waals surface area contributed by atoms with E-state index in [0.29, 0.717) is 23.8 Å². The molecule has 0 N–H and O–H groups in total. The van der Waals surface area contributed by atoms with E-state index in [1.165, 1.54) is 0 Å². The molecule has 1 rings (SSSR count). The largest absolute Gasteiger partial charge is 0.550 e. The van der Waals surface area contributed by atoms with Gasteiger partial charge in [-0.15, -0.1) is 0 Å². The van der Waals surface area contributed by atoms with Crippen molar-refractivity contribution in [3.05, 3.63) is 29.3 Å². The number of carboxylic acid groups (broad SMARTS) is 1. The molecule has 0 unspecified atom stereocenters. The van der Waals surface area contributed by atoms with Crippen molar-refractivity contribution in [3.63, 3.8) is 0 Å². The van der Waals surface area contributed by atoms with Crippen molar-refractivity contribution >= 4 is 17.6 Å². The molecule has 0 saturated heterocycles. The first-order valence-electron chi connectivity index (χ1n) is 4.26. The van der Waals surface area contributed by atoms with E-state index in [2.05, 4.69) is 0 Å². The number of carboxylic acids is 1. The smallest absolute Gasteiger partial charge is 0.119 e. The zero-order valence-electron chi connectivity index (χ0n) is 7.53. The fourth-order valence-electron chi connectivity index (χ4n) is 0.937. The fraction of sp³-hybridized carbons (Fsp3) is 0.300. The number of hydrogen-bond acceptors (Lipinski definition) is 3. The lowest BCUT2D eigenvalue weighted by Gasteiger charge is -2.06. The molecule has 3 nitrogen and oxygen atoms in total. The monoisotopic (exact) mass is 213 g/mol. The van der Waals surface area contributed by atoms with Crippen LogP contribution in [0, 0.1) is 0 Å². The van der Waals surface area contributed by atoms with E-state index in [1.807, 2.05) is 0 Å². The number of carbonyl (C=O) groups is 1. The maximum atomic E-state index is 10.1. The maximum absolute atomic E-state index is 10.1. The summed E-state index contributed by atoms with van der Waals surface area (Å²) in [5.74, 6) is -0.363. The van der Waals surface area contributed by atoms with Crippen LogP contribution in [0.5, 0.6) is 5.75 Å². The van der Waals surface area contributed by atoms with Crippen LogP contribution in [0.3, 0.4) is 0 Å². The Labute approximate surface area is 87.3 Å². The predicted molar refractivity (Wildman–Crippen MR) is 51.2 cm³/mol. The zero-order valence-corrected chi connectivity index (χ0v) is 8.29. The zero-order chi connectivity index (χ0) is 10.4. The summed E-state index contributed by atoms with van der Waals surface area (Å²) in [6.07, 6.45) is 0.471. The van der Waals surface area contributed by atoms with Crippen molar-refractivity contribution < 1.29 is 14.6 Å². The molecule has 14 heavy (non-hydrogen) atoms. The molecular formula is C10H10ClO3-. The Bertz CT molecular complexity index is 295. The lowest BCUT2D eigenvalue weighted by Crippen LogP contribution is -2.22. The van der Waals surface area contributed by atoms with Crippen LogP contribution in [0.15, 0.2) is 24.3 Å². The molecule has 0 fully saturated rings. The van der Waals surface area contributed by atoms with Gasteiger partial charge in [0, 0.05) is 11.0 Å². The van der Waals surface area contributed by atoms with Gasteiger partial charge in [0.05, 0.1) is 6.61 Å². The van der Waals surface area contributed by atoms with Gasteiger partial charge in [-0.2, -0.15) is 0 Å². The van der Waals surface area contributed by atoms with Gasteiger partial charge >= 0.3 is 0 Å². The highest BCUT2D eigenvalue weighted by molar-refractivity contribution is 6.30. The van der Waals surface area contributed by atoms with Crippen LogP contribution in [-0.2, 0) is 4.79 Å². The standard InChI is InChI=1S/C10H11ClO3/c11-8-3-5-9(6-4-8)14-7-1-2-10(12)13/h3-6H,1-2,7H2,(H,12,13)/p-1. The second kappa shape index (κ2) is 5.50. The summed E-state index contributed by atoms with van der Waals surface area (Å²) in [4.78, 5) is 10.1. The average Bonchev–Trinajstić information content (AvgIpc) is 2.15. The molecule has 0 amide bonds. The third-order valence-electron chi connectivity index (χ3n) is 1.61. The van der Waals surface area contributed by atoms with Gasteiger partial charge in [0.25, 0.3) is 0 Å². The number of carbonyl (C=O) groups excluding carboxylic acids is 1. The molecule has 0 atom stereocenters. The van der Waals surface area contributed by atoms with Crippen molar-refractivity contribution in [2.45, 2.75) is 12.8 Å². The number of benzene rings is 1. The minimum absolute atomic E-state index is 0.0214. The van der Waals surface area contributed by atoms with Crippen LogP contribution in [0.4, 0.5) is 0 Å². The SMILES string of the molecule is O=C([O-])CCCOc1ccc(Cl)cc1. The lowest BCUT2D eigenvalue weighted by molar-refractivity contribution is -0.305. The molecule has 1 aromatic rings. The number of aliphatic carboxylic acids is 1. The normalized spacial score (nSPS) is 9.79. The topological polar surface area (TPSA) is 49.4 Å². The van der Waals surface area contributed by atoms with Gasteiger partial charge < -0.3 is 14.6 Å². The van der Waals surface area contributed by atoms with E-state index in [9.17, 15) is 9.90 Å². The minimum Gasteiger partial charge on any atom is -0.550 e. The molecular weight excluding hydrogens is 204 g/mol. The molecule has 0 aliphatic carbocycles. The van der Waals surface area contributed by atoms with Gasteiger partial charge in [0.15, 0.2) is 0 Å². The van der Waals surface area contributed by atoms with Gasteiger partial charge in [0.1, 0.15) is 5.75 Å². The first-order chi connectivity index (χ1) is 6.68. The van der Waals surface area contributed by atoms with Crippen LogP contribution >= 0.6 is 11.6 Å². The van der Waals surface area contributed by atoms with Gasteiger partial charge in [-0.25, -0.2) is 0 Å². The second-order valence-electron chi connectivity index (χ2n) is 2.78. The third-order valence-corrected chi connectivity index (χ3v) is 1.86. The summed E-state index contributed by atoms with van der Waals surface area (Å²) in [7, 11) is 0. The molecule has 0 bridgehead atoms. The van der Waals surface area contributed by atoms with Crippen LogP contribution in [0.1, 0.15) is 12.8 Å². The van der Waals surface area contributed by atoms with Gasteiger partial charge in [-0.3, -0.25) is 0 Å². The van der Waals surface area contributed by atoms with Gasteiger partial charge in [-0.1, -0.05) is 11.6 Å². The van der Waals surface area contributed by atoms with Gasteiger partial charge in [0.2, 0.25) is 0 Å². The molecule has 0 heterocycles. The number of rotatable bonds is 5. The Kier molecular flexibility index (Phi) is 4.26. The third kappa shape index (κ3) is 4.14. The Balaban J connectivity index is 2.25. The molecule has 4 heteroatoms. The van der Waals surface area contributed by atoms with Gasteiger partial charge in [-0.05, 0) is 37.1 Å². The number of hydrogen-bond donors (Lipinski definition) is 0. The van der Waals surface area contributed by atoms with Crippen molar-refractivity contribution in [2.24, 2.45) is 0 Å². The Hall–Kier alpha value is -1.22. The molecule has 0 radical (unpaired) electrons. The summed E-state index contributed by atoms with van der Waals surface area (Å²) in [6, 6.07) is 6.91. The lowest BCUT2D eigenvalue weighted by atomic mass is 10.3. The summed E-state index contributed by atoms with van der Waals surface area (Å²) in [5.41, 5.74) is 0. The van der Waals surface area contributed by atoms with Crippen LogP contribution in [0.25, 0.3) is 0 Å². The number of halogens is 1. The summed E-state index contributed by atoms with van der Waals surface area (Å²) >= 11 is 5.67. The van der Waals surface area contributed by atoms with E-state index >= 15 is 0 Å². The quantitative estimate of drug-likeness (QED) is 0.692. The van der Waals surface area contributed by atoms with E-state index in [0.717, 1.165) is 0 Å². The highest BCUT2D eigenvalue weighted by atomic mass is 35.5. The molecule has 76 valence electrons. The average molecular weight is 214 g/mol. The molecule has 0 aromatic heterocycles.